The van der Waals surface area contributed by atoms with E-state index >= 15 is 0 Å². The molecule has 0 unspecified atom stereocenters. The van der Waals surface area contributed by atoms with Crippen LogP contribution in [0, 0.1) is 12.8 Å². The molecule has 1 aromatic rings. The molecule has 1 fully saturated rings. The van der Waals surface area contributed by atoms with E-state index < -0.39 is 0 Å². The van der Waals surface area contributed by atoms with Crippen LogP contribution in [0.2, 0.25) is 0 Å². The molecule has 2 rings (SSSR count). The maximum atomic E-state index is 12.0. The van der Waals surface area contributed by atoms with Gasteiger partial charge in [-0.3, -0.25) is 9.69 Å². The highest BCUT2D eigenvalue weighted by Gasteiger charge is 2.25. The van der Waals surface area contributed by atoms with Crippen LogP contribution in [-0.4, -0.2) is 44.2 Å². The molecule has 0 atom stereocenters. The van der Waals surface area contributed by atoms with Crippen molar-refractivity contribution in [2.45, 2.75) is 32.7 Å². The van der Waals surface area contributed by atoms with E-state index in [1.807, 2.05) is 19.1 Å². The molecule has 1 amide bonds. The minimum atomic E-state index is 0.155. The molecular weight excluding hydrogens is 268 g/mol. The summed E-state index contributed by atoms with van der Waals surface area (Å²) in [6.45, 7) is 6.12. The van der Waals surface area contributed by atoms with Crippen LogP contribution in [0.3, 0.4) is 0 Å². The number of rotatable bonds is 7. The summed E-state index contributed by atoms with van der Waals surface area (Å²) in [6, 6.07) is 4.03. The Bertz CT molecular complexity index is 436. The van der Waals surface area contributed by atoms with Crippen LogP contribution in [0.1, 0.15) is 30.8 Å². The Labute approximate surface area is 126 Å². The van der Waals surface area contributed by atoms with E-state index in [1.54, 1.807) is 7.11 Å². The third-order valence-corrected chi connectivity index (χ3v) is 3.96. The molecule has 1 aliphatic heterocycles. The molecule has 0 radical (unpaired) electrons. The van der Waals surface area contributed by atoms with E-state index in [4.69, 9.17) is 9.15 Å². The van der Waals surface area contributed by atoms with E-state index in [-0.39, 0.29) is 11.8 Å². The summed E-state index contributed by atoms with van der Waals surface area (Å²) in [5, 5.41) is 3.00. The van der Waals surface area contributed by atoms with Crippen molar-refractivity contribution in [2.24, 2.45) is 5.92 Å². The fourth-order valence-electron chi connectivity index (χ4n) is 2.72. The van der Waals surface area contributed by atoms with Crippen LogP contribution in [0.5, 0.6) is 0 Å². The highest BCUT2D eigenvalue weighted by molar-refractivity contribution is 5.78. The van der Waals surface area contributed by atoms with E-state index in [1.165, 1.54) is 0 Å². The summed E-state index contributed by atoms with van der Waals surface area (Å²) in [5.41, 5.74) is 0. The van der Waals surface area contributed by atoms with Crippen LogP contribution in [0.25, 0.3) is 0 Å². The Morgan fingerprint density at radius 3 is 2.81 bits per heavy atom. The molecule has 0 bridgehead atoms. The van der Waals surface area contributed by atoms with Gasteiger partial charge in [0.2, 0.25) is 5.91 Å². The van der Waals surface area contributed by atoms with Crippen molar-refractivity contribution in [3.8, 4) is 0 Å². The Balaban J connectivity index is 1.66. The van der Waals surface area contributed by atoms with Gasteiger partial charge >= 0.3 is 0 Å². The number of nitrogens with one attached hydrogen (secondary N) is 1. The van der Waals surface area contributed by atoms with Crippen LogP contribution in [-0.2, 0) is 16.1 Å². The lowest BCUT2D eigenvalue weighted by Crippen LogP contribution is -2.40. The molecule has 118 valence electrons. The van der Waals surface area contributed by atoms with Gasteiger partial charge < -0.3 is 14.5 Å². The van der Waals surface area contributed by atoms with Gasteiger partial charge in [0.25, 0.3) is 0 Å². The fraction of sp³-hybridized carbons (Fsp3) is 0.688. The lowest BCUT2D eigenvalue weighted by Gasteiger charge is -2.30. The number of furan rings is 1. The summed E-state index contributed by atoms with van der Waals surface area (Å²) in [4.78, 5) is 14.4. The molecule has 0 aliphatic carbocycles. The van der Waals surface area contributed by atoms with E-state index in [0.29, 0.717) is 13.2 Å². The standard InChI is InChI=1S/C16H26N2O3/c1-13-4-5-15(21-13)12-18-9-6-14(7-10-18)16(19)17-8-3-11-20-2/h4-5,14H,3,6-12H2,1-2H3,(H,17,19). The second-order valence-electron chi connectivity index (χ2n) is 5.70. The Morgan fingerprint density at radius 2 is 2.19 bits per heavy atom. The molecule has 2 heterocycles. The summed E-state index contributed by atoms with van der Waals surface area (Å²) >= 11 is 0. The van der Waals surface area contributed by atoms with Crippen LogP contribution < -0.4 is 5.32 Å². The maximum absolute atomic E-state index is 12.0. The Kier molecular flexibility index (Phi) is 6.26. The number of carbonyl (C=O) groups excluding carboxylic acids is 1. The lowest BCUT2D eigenvalue weighted by atomic mass is 9.96. The Morgan fingerprint density at radius 1 is 1.43 bits per heavy atom. The van der Waals surface area contributed by atoms with Crippen molar-refractivity contribution in [1.82, 2.24) is 10.2 Å². The summed E-state index contributed by atoms with van der Waals surface area (Å²) < 4.78 is 10.6. The highest BCUT2D eigenvalue weighted by Crippen LogP contribution is 2.19. The van der Waals surface area contributed by atoms with E-state index in [0.717, 1.165) is 50.4 Å². The zero-order valence-electron chi connectivity index (χ0n) is 13.1. The highest BCUT2D eigenvalue weighted by atomic mass is 16.5. The largest absolute Gasteiger partial charge is 0.465 e. The van der Waals surface area contributed by atoms with Crippen LogP contribution >= 0.6 is 0 Å². The topological polar surface area (TPSA) is 54.7 Å². The van der Waals surface area contributed by atoms with Crippen molar-refractivity contribution in [1.29, 1.82) is 0 Å². The summed E-state index contributed by atoms with van der Waals surface area (Å²) in [5.74, 6) is 2.31. The predicted molar refractivity (Wildman–Crippen MR) is 80.9 cm³/mol. The van der Waals surface area contributed by atoms with E-state index in [2.05, 4.69) is 10.2 Å². The zero-order valence-corrected chi connectivity index (χ0v) is 13.1. The molecule has 1 saturated heterocycles. The first-order valence-corrected chi connectivity index (χ1v) is 7.73. The van der Waals surface area contributed by atoms with Crippen molar-refractivity contribution >= 4 is 5.91 Å². The predicted octanol–water partition coefficient (Wildman–Crippen LogP) is 1.95. The maximum Gasteiger partial charge on any atom is 0.223 e. The van der Waals surface area contributed by atoms with Crippen molar-refractivity contribution in [3.05, 3.63) is 23.7 Å². The quantitative estimate of drug-likeness (QED) is 0.781. The molecular formula is C16H26N2O3. The van der Waals surface area contributed by atoms with Crippen LogP contribution in [0.4, 0.5) is 0 Å². The number of aryl methyl sites for hydroxylation is 1. The monoisotopic (exact) mass is 294 g/mol. The molecule has 1 aromatic heterocycles. The van der Waals surface area contributed by atoms with Crippen molar-refractivity contribution in [2.75, 3.05) is 33.4 Å². The minimum Gasteiger partial charge on any atom is -0.465 e. The van der Waals surface area contributed by atoms with Gasteiger partial charge in [-0.2, -0.15) is 0 Å². The number of hydrogen-bond donors (Lipinski definition) is 1. The van der Waals surface area contributed by atoms with Gasteiger partial charge in [0.05, 0.1) is 6.54 Å². The van der Waals surface area contributed by atoms with Gasteiger partial charge in [0.1, 0.15) is 11.5 Å². The van der Waals surface area contributed by atoms with Gasteiger partial charge in [0, 0.05) is 26.2 Å². The smallest absolute Gasteiger partial charge is 0.223 e. The van der Waals surface area contributed by atoms with E-state index in [9.17, 15) is 4.79 Å². The van der Waals surface area contributed by atoms with Crippen molar-refractivity contribution < 1.29 is 13.9 Å². The molecule has 5 heteroatoms. The number of likely N-dealkylation sites (tertiary alicyclic amines) is 1. The minimum absolute atomic E-state index is 0.155. The summed E-state index contributed by atoms with van der Waals surface area (Å²) in [7, 11) is 1.68. The number of piperidine rings is 1. The third-order valence-electron chi connectivity index (χ3n) is 3.96. The van der Waals surface area contributed by atoms with Gasteiger partial charge in [-0.05, 0) is 51.4 Å². The fourth-order valence-corrected chi connectivity index (χ4v) is 2.72. The van der Waals surface area contributed by atoms with Gasteiger partial charge in [-0.1, -0.05) is 0 Å². The Hall–Kier alpha value is -1.33. The van der Waals surface area contributed by atoms with Gasteiger partial charge in [-0.15, -0.1) is 0 Å². The lowest BCUT2D eigenvalue weighted by molar-refractivity contribution is -0.126. The first-order chi connectivity index (χ1) is 10.2. The molecule has 5 nitrogen and oxygen atoms in total. The zero-order chi connectivity index (χ0) is 15.1. The second kappa shape index (κ2) is 8.20. The third kappa shape index (κ3) is 5.17. The molecule has 0 spiro atoms. The molecule has 1 N–H and O–H groups in total. The average Bonchev–Trinajstić information content (AvgIpc) is 2.89. The first-order valence-electron chi connectivity index (χ1n) is 7.73. The second-order valence-corrected chi connectivity index (χ2v) is 5.70. The summed E-state index contributed by atoms with van der Waals surface area (Å²) in [6.07, 6.45) is 2.73. The van der Waals surface area contributed by atoms with Crippen molar-refractivity contribution in [3.63, 3.8) is 0 Å². The number of methoxy groups -OCH3 is 1. The molecule has 0 aromatic carbocycles. The van der Waals surface area contributed by atoms with Crippen LogP contribution in [0.15, 0.2) is 16.5 Å². The molecule has 21 heavy (non-hydrogen) atoms. The number of amides is 1. The number of ether oxygens (including phenoxy) is 1. The van der Waals surface area contributed by atoms with Gasteiger partial charge in [-0.25, -0.2) is 0 Å². The molecule has 1 aliphatic rings. The SMILES string of the molecule is COCCCNC(=O)C1CCN(Cc2ccc(C)o2)CC1. The van der Waals surface area contributed by atoms with Gasteiger partial charge in [0.15, 0.2) is 0 Å². The number of nitrogens with zero attached hydrogens (tertiary/aromatic N) is 1. The first kappa shape index (κ1) is 16.0. The number of carbonyl (C=O) groups is 1. The average molecular weight is 294 g/mol. The number of hydrogen-bond acceptors (Lipinski definition) is 4. The normalized spacial score (nSPS) is 17.0. The molecule has 0 saturated carbocycles.